The van der Waals surface area contributed by atoms with Gasteiger partial charge in [0.1, 0.15) is 17.2 Å². The lowest BCUT2D eigenvalue weighted by Crippen LogP contribution is -2.58. The summed E-state index contributed by atoms with van der Waals surface area (Å²) in [6, 6.07) is 2.13. The second-order valence-electron chi connectivity index (χ2n) is 9.98. The van der Waals surface area contributed by atoms with Gasteiger partial charge in [0.05, 0.1) is 11.6 Å². The minimum atomic E-state index is -1.29. The molecule has 1 aromatic carbocycles. The van der Waals surface area contributed by atoms with Gasteiger partial charge in [0.2, 0.25) is 0 Å². The van der Waals surface area contributed by atoms with Crippen LogP contribution in [-0.4, -0.2) is 53.2 Å². The standard InChI is InChI=1S/C24H27F3N4O3/c1-12-16(25)7-6-15(18(12)26)24(5)11-29-21(32)14-8-28-20(19(27)17(14)24)30-13-9-31(10-13)22(33)34-23(2,3)4/h6-8,13H,9-11H2,1-5H3,(H,28,30)(H,29,32)/t24-/m0/s1. The Kier molecular flexibility index (Phi) is 5.73. The molecule has 2 amide bonds. The van der Waals surface area contributed by atoms with Crippen LogP contribution >= 0.6 is 0 Å². The average molecular weight is 476 g/mol. The molecule has 182 valence electrons. The lowest BCUT2D eigenvalue weighted by molar-refractivity contribution is 0.0104. The van der Waals surface area contributed by atoms with Gasteiger partial charge in [-0.2, -0.15) is 0 Å². The summed E-state index contributed by atoms with van der Waals surface area (Å²) in [5.41, 5.74) is -2.05. The maximum absolute atomic E-state index is 15.8. The second-order valence-corrected chi connectivity index (χ2v) is 9.98. The Morgan fingerprint density at radius 1 is 1.24 bits per heavy atom. The maximum atomic E-state index is 15.8. The number of carbonyl (C=O) groups is 2. The molecule has 0 unspecified atom stereocenters. The molecule has 2 aromatic rings. The number of fused-ring (bicyclic) bond motifs is 1. The fraction of sp³-hybridized carbons (Fsp3) is 0.458. The van der Waals surface area contributed by atoms with E-state index in [1.807, 2.05) is 0 Å². The molecular formula is C24H27F3N4O3. The molecular weight excluding hydrogens is 449 g/mol. The van der Waals surface area contributed by atoms with Crippen molar-refractivity contribution < 1.29 is 27.5 Å². The number of nitrogens with one attached hydrogen (secondary N) is 2. The lowest BCUT2D eigenvalue weighted by atomic mass is 9.71. The fourth-order valence-corrected chi connectivity index (χ4v) is 4.30. The number of ether oxygens (including phenoxy) is 1. The normalized spacial score (nSPS) is 20.4. The van der Waals surface area contributed by atoms with Crippen molar-refractivity contribution in [3.05, 3.63) is 58.0 Å². The third-order valence-corrected chi connectivity index (χ3v) is 6.21. The Bertz CT molecular complexity index is 1180. The van der Waals surface area contributed by atoms with E-state index < -0.39 is 40.5 Å². The number of nitrogens with zero attached hydrogens (tertiary/aromatic N) is 2. The zero-order valence-electron chi connectivity index (χ0n) is 19.7. The van der Waals surface area contributed by atoms with Crippen LogP contribution in [0.15, 0.2) is 18.3 Å². The number of benzene rings is 1. The largest absolute Gasteiger partial charge is 0.444 e. The van der Waals surface area contributed by atoms with Gasteiger partial charge in [-0.05, 0) is 40.7 Å². The summed E-state index contributed by atoms with van der Waals surface area (Å²) in [4.78, 5) is 30.1. The van der Waals surface area contributed by atoms with Crippen molar-refractivity contribution in [3.63, 3.8) is 0 Å². The summed E-state index contributed by atoms with van der Waals surface area (Å²) < 4.78 is 50.1. The number of likely N-dealkylation sites (tertiary alicyclic amines) is 1. The summed E-state index contributed by atoms with van der Waals surface area (Å²) >= 11 is 0. The van der Waals surface area contributed by atoms with Crippen LogP contribution in [0.1, 0.15) is 54.7 Å². The zero-order valence-corrected chi connectivity index (χ0v) is 19.7. The molecule has 4 rings (SSSR count). The predicted octanol–water partition coefficient (Wildman–Crippen LogP) is 3.89. The Hall–Kier alpha value is -3.30. The molecule has 1 saturated heterocycles. The van der Waals surface area contributed by atoms with E-state index in [1.165, 1.54) is 24.1 Å². The van der Waals surface area contributed by atoms with E-state index in [1.54, 1.807) is 27.7 Å². The topological polar surface area (TPSA) is 83.6 Å². The number of aromatic nitrogens is 1. The summed E-state index contributed by atoms with van der Waals surface area (Å²) in [5, 5.41) is 5.61. The third-order valence-electron chi connectivity index (χ3n) is 6.21. The SMILES string of the molecule is Cc1c(F)ccc([C@]2(C)CNC(=O)c3cnc(NC4CN(C(=O)OC(C)(C)C)C4)c(F)c32)c1F. The Morgan fingerprint density at radius 2 is 1.91 bits per heavy atom. The first-order valence-electron chi connectivity index (χ1n) is 11.0. The minimum Gasteiger partial charge on any atom is -0.444 e. The maximum Gasteiger partial charge on any atom is 0.410 e. The Labute approximate surface area is 195 Å². The summed E-state index contributed by atoms with van der Waals surface area (Å²) in [5.74, 6) is -2.91. The van der Waals surface area contributed by atoms with Crippen molar-refractivity contribution in [2.45, 2.75) is 51.7 Å². The van der Waals surface area contributed by atoms with Crippen LogP contribution in [0.5, 0.6) is 0 Å². The van der Waals surface area contributed by atoms with Crippen LogP contribution in [0, 0.1) is 24.4 Å². The fourth-order valence-electron chi connectivity index (χ4n) is 4.30. The first kappa shape index (κ1) is 23.8. The van der Waals surface area contributed by atoms with Crippen molar-refractivity contribution in [1.29, 1.82) is 0 Å². The molecule has 2 aliphatic heterocycles. The average Bonchev–Trinajstić information content (AvgIpc) is 2.71. The van der Waals surface area contributed by atoms with Gasteiger partial charge in [0.25, 0.3) is 5.91 Å². The number of carbonyl (C=O) groups excluding carboxylic acids is 2. The van der Waals surface area contributed by atoms with Crippen LogP contribution < -0.4 is 10.6 Å². The van der Waals surface area contributed by atoms with Crippen LogP contribution in [0.2, 0.25) is 0 Å². The van der Waals surface area contributed by atoms with E-state index >= 15 is 8.78 Å². The number of anilines is 1. The number of hydrogen-bond acceptors (Lipinski definition) is 5. The number of rotatable bonds is 3. The molecule has 0 spiro atoms. The monoisotopic (exact) mass is 476 g/mol. The number of halogens is 3. The molecule has 0 saturated carbocycles. The highest BCUT2D eigenvalue weighted by molar-refractivity contribution is 5.98. The van der Waals surface area contributed by atoms with Gasteiger partial charge in [-0.15, -0.1) is 0 Å². The summed E-state index contributed by atoms with van der Waals surface area (Å²) in [6.45, 7) is 8.72. The van der Waals surface area contributed by atoms with E-state index in [4.69, 9.17) is 4.74 Å². The van der Waals surface area contributed by atoms with Gasteiger partial charge in [-0.25, -0.2) is 22.9 Å². The van der Waals surface area contributed by atoms with Crippen LogP contribution in [0.4, 0.5) is 23.8 Å². The second kappa shape index (κ2) is 8.18. The summed E-state index contributed by atoms with van der Waals surface area (Å²) in [6.07, 6.45) is 0.780. The van der Waals surface area contributed by atoms with E-state index in [9.17, 15) is 14.0 Å². The first-order chi connectivity index (χ1) is 15.8. The molecule has 10 heteroatoms. The Morgan fingerprint density at radius 3 is 2.56 bits per heavy atom. The molecule has 2 aliphatic rings. The van der Waals surface area contributed by atoms with Crippen LogP contribution in [0.25, 0.3) is 0 Å². The first-order valence-corrected chi connectivity index (χ1v) is 11.0. The van der Waals surface area contributed by atoms with E-state index in [-0.39, 0.29) is 53.7 Å². The number of hydrogen-bond donors (Lipinski definition) is 2. The van der Waals surface area contributed by atoms with Crippen LogP contribution in [0.3, 0.4) is 0 Å². The molecule has 1 fully saturated rings. The lowest BCUT2D eigenvalue weighted by Gasteiger charge is -2.41. The van der Waals surface area contributed by atoms with Crippen molar-refractivity contribution >= 4 is 17.8 Å². The van der Waals surface area contributed by atoms with E-state index in [2.05, 4.69) is 15.6 Å². The molecule has 7 nitrogen and oxygen atoms in total. The van der Waals surface area contributed by atoms with Gasteiger partial charge in [-0.1, -0.05) is 6.07 Å². The van der Waals surface area contributed by atoms with Crippen molar-refractivity contribution in [2.75, 3.05) is 25.0 Å². The molecule has 1 atom stereocenters. The third kappa shape index (κ3) is 4.05. The highest BCUT2D eigenvalue weighted by Crippen LogP contribution is 2.41. The molecule has 1 aromatic heterocycles. The van der Waals surface area contributed by atoms with Gasteiger partial charge in [0, 0.05) is 47.9 Å². The van der Waals surface area contributed by atoms with Gasteiger partial charge >= 0.3 is 6.09 Å². The van der Waals surface area contributed by atoms with Crippen LogP contribution in [-0.2, 0) is 10.2 Å². The highest BCUT2D eigenvalue weighted by Gasteiger charge is 2.43. The molecule has 0 radical (unpaired) electrons. The number of pyridine rings is 1. The van der Waals surface area contributed by atoms with Gasteiger partial charge in [-0.3, -0.25) is 4.79 Å². The Balaban J connectivity index is 1.63. The van der Waals surface area contributed by atoms with E-state index in [0.29, 0.717) is 0 Å². The molecule has 0 aliphatic carbocycles. The predicted molar refractivity (Wildman–Crippen MR) is 119 cm³/mol. The molecule has 2 N–H and O–H groups in total. The molecule has 3 heterocycles. The zero-order chi connectivity index (χ0) is 25.0. The van der Waals surface area contributed by atoms with Gasteiger partial charge < -0.3 is 20.3 Å². The van der Waals surface area contributed by atoms with Gasteiger partial charge in [0.15, 0.2) is 11.6 Å². The van der Waals surface area contributed by atoms with Crippen molar-refractivity contribution in [2.24, 2.45) is 0 Å². The molecule has 0 bridgehead atoms. The molecule has 34 heavy (non-hydrogen) atoms. The van der Waals surface area contributed by atoms with Crippen molar-refractivity contribution in [3.8, 4) is 0 Å². The minimum absolute atomic E-state index is 0.0119. The van der Waals surface area contributed by atoms with E-state index in [0.717, 1.165) is 6.07 Å². The van der Waals surface area contributed by atoms with Crippen molar-refractivity contribution in [1.82, 2.24) is 15.2 Å². The number of amides is 2. The quantitative estimate of drug-likeness (QED) is 0.703. The smallest absolute Gasteiger partial charge is 0.410 e. The summed E-state index contributed by atoms with van der Waals surface area (Å²) in [7, 11) is 0. The highest BCUT2D eigenvalue weighted by atomic mass is 19.1.